The molecule has 0 saturated carbocycles. The fourth-order valence-electron chi connectivity index (χ4n) is 1.95. The molecule has 0 radical (unpaired) electrons. The lowest BCUT2D eigenvalue weighted by Crippen LogP contribution is -2.19. The molecule has 3 rings (SSSR count). The van der Waals surface area contributed by atoms with Gasteiger partial charge in [0.05, 0.1) is 22.5 Å². The molecule has 2 aromatic heterocycles. The Bertz CT molecular complexity index is 579. The van der Waals surface area contributed by atoms with Gasteiger partial charge in [-0.1, -0.05) is 0 Å². The topological polar surface area (TPSA) is 118 Å². The molecule has 16 heavy (non-hydrogen) atoms. The molecule has 0 unspecified atom stereocenters. The standard InChI is InChI=1S/C10H8N4O2/c11-5-1-3-7(13-5)8-4(2-6(12)14-8)10(16)9(3)15/h1-2,13-14H,11-12H2. The number of fused-ring (bicyclic) bond motifs is 3. The molecule has 0 atom stereocenters. The van der Waals surface area contributed by atoms with Crippen LogP contribution in [0.15, 0.2) is 12.1 Å². The summed E-state index contributed by atoms with van der Waals surface area (Å²) >= 11 is 0. The van der Waals surface area contributed by atoms with Crippen molar-refractivity contribution in [1.82, 2.24) is 9.97 Å². The lowest BCUT2D eigenvalue weighted by atomic mass is 9.93. The number of carbonyl (C=O) groups is 2. The van der Waals surface area contributed by atoms with E-state index in [1.54, 1.807) is 0 Å². The zero-order valence-corrected chi connectivity index (χ0v) is 8.13. The van der Waals surface area contributed by atoms with Crippen LogP contribution in [0.25, 0.3) is 11.4 Å². The maximum Gasteiger partial charge on any atom is 0.235 e. The van der Waals surface area contributed by atoms with Gasteiger partial charge in [0, 0.05) is 0 Å². The fourth-order valence-corrected chi connectivity index (χ4v) is 1.95. The predicted octanol–water partition coefficient (Wildman–Crippen LogP) is 0.553. The van der Waals surface area contributed by atoms with Gasteiger partial charge in [-0.2, -0.15) is 0 Å². The van der Waals surface area contributed by atoms with Crippen molar-refractivity contribution in [2.75, 3.05) is 11.5 Å². The van der Waals surface area contributed by atoms with E-state index < -0.39 is 11.6 Å². The summed E-state index contributed by atoms with van der Waals surface area (Å²) in [7, 11) is 0. The minimum atomic E-state index is -0.561. The molecule has 6 heteroatoms. The van der Waals surface area contributed by atoms with Gasteiger partial charge in [-0.25, -0.2) is 0 Å². The molecular weight excluding hydrogens is 208 g/mol. The van der Waals surface area contributed by atoms with Gasteiger partial charge in [-0.15, -0.1) is 0 Å². The monoisotopic (exact) mass is 216 g/mol. The minimum absolute atomic E-state index is 0.289. The van der Waals surface area contributed by atoms with Gasteiger partial charge >= 0.3 is 0 Å². The number of nitrogen functional groups attached to an aromatic ring is 2. The van der Waals surface area contributed by atoms with Crippen LogP contribution >= 0.6 is 0 Å². The minimum Gasteiger partial charge on any atom is -0.385 e. The van der Waals surface area contributed by atoms with Crippen LogP contribution in [0, 0.1) is 0 Å². The highest BCUT2D eigenvalue weighted by molar-refractivity contribution is 6.53. The van der Waals surface area contributed by atoms with Crippen LogP contribution in [-0.2, 0) is 0 Å². The molecule has 0 bridgehead atoms. The van der Waals surface area contributed by atoms with Crippen LogP contribution in [0.1, 0.15) is 20.7 Å². The summed E-state index contributed by atoms with van der Waals surface area (Å²) < 4.78 is 0. The third-order valence-corrected chi connectivity index (χ3v) is 2.62. The van der Waals surface area contributed by atoms with Gasteiger partial charge in [-0.3, -0.25) is 9.59 Å². The second-order valence-electron chi connectivity index (χ2n) is 3.68. The van der Waals surface area contributed by atoms with E-state index in [0.717, 1.165) is 0 Å². The quantitative estimate of drug-likeness (QED) is 0.481. The van der Waals surface area contributed by atoms with E-state index in [4.69, 9.17) is 11.5 Å². The van der Waals surface area contributed by atoms with Gasteiger partial charge in [-0.05, 0) is 12.1 Å². The number of carbonyl (C=O) groups excluding carboxylic acids is 2. The normalized spacial score (nSPS) is 13.8. The first-order valence-corrected chi connectivity index (χ1v) is 4.64. The first-order chi connectivity index (χ1) is 7.58. The Morgan fingerprint density at radius 1 is 0.812 bits per heavy atom. The highest BCUT2D eigenvalue weighted by atomic mass is 16.2. The van der Waals surface area contributed by atoms with E-state index >= 15 is 0 Å². The molecule has 6 N–H and O–H groups in total. The second kappa shape index (κ2) is 2.54. The number of H-pyrrole nitrogens is 2. The number of anilines is 2. The van der Waals surface area contributed by atoms with E-state index in [2.05, 4.69) is 9.97 Å². The molecular formula is C10H8N4O2. The molecule has 0 amide bonds. The molecule has 0 saturated heterocycles. The average Bonchev–Trinajstić information content (AvgIpc) is 2.78. The SMILES string of the molecule is Nc1cc2c([nH]1)-c1[nH]c(N)cc1C(=O)C2=O. The van der Waals surface area contributed by atoms with E-state index in [9.17, 15) is 9.59 Å². The maximum absolute atomic E-state index is 11.7. The number of hydrogen-bond donors (Lipinski definition) is 4. The zero-order chi connectivity index (χ0) is 11.4. The van der Waals surface area contributed by atoms with Crippen molar-refractivity contribution in [2.24, 2.45) is 0 Å². The Morgan fingerprint density at radius 2 is 1.19 bits per heavy atom. The van der Waals surface area contributed by atoms with Crippen LogP contribution < -0.4 is 11.5 Å². The molecule has 1 aliphatic carbocycles. The van der Waals surface area contributed by atoms with Gasteiger partial charge in [0.25, 0.3) is 0 Å². The predicted molar refractivity (Wildman–Crippen MR) is 58.1 cm³/mol. The molecule has 0 aliphatic heterocycles. The van der Waals surface area contributed by atoms with Gasteiger partial charge in [0.2, 0.25) is 11.6 Å². The number of nitrogens with one attached hydrogen (secondary N) is 2. The molecule has 80 valence electrons. The molecule has 6 nitrogen and oxygen atoms in total. The van der Waals surface area contributed by atoms with Gasteiger partial charge in [0.1, 0.15) is 11.6 Å². The Hall–Kier alpha value is -2.50. The van der Waals surface area contributed by atoms with Crippen molar-refractivity contribution in [3.63, 3.8) is 0 Å². The summed E-state index contributed by atoms with van der Waals surface area (Å²) in [6, 6.07) is 2.91. The van der Waals surface area contributed by atoms with E-state index in [1.807, 2.05) is 0 Å². The smallest absolute Gasteiger partial charge is 0.235 e. The van der Waals surface area contributed by atoms with Crippen LogP contribution in [0.5, 0.6) is 0 Å². The Kier molecular flexibility index (Phi) is 1.40. The molecule has 0 spiro atoms. The lowest BCUT2D eigenvalue weighted by Gasteiger charge is -2.08. The van der Waals surface area contributed by atoms with Gasteiger partial charge < -0.3 is 21.4 Å². The van der Waals surface area contributed by atoms with Crippen molar-refractivity contribution in [3.8, 4) is 11.4 Å². The molecule has 1 aliphatic rings. The zero-order valence-electron chi connectivity index (χ0n) is 8.13. The molecule has 0 fully saturated rings. The number of aromatic nitrogens is 2. The number of ketones is 2. The summed E-state index contributed by atoms with van der Waals surface area (Å²) in [5, 5.41) is 0. The van der Waals surface area contributed by atoms with Crippen molar-refractivity contribution in [1.29, 1.82) is 0 Å². The van der Waals surface area contributed by atoms with E-state index in [-0.39, 0.29) is 11.1 Å². The third-order valence-electron chi connectivity index (χ3n) is 2.62. The fraction of sp³-hybridized carbons (Fsp3) is 0. The maximum atomic E-state index is 11.7. The van der Waals surface area contributed by atoms with Crippen LogP contribution in [0.3, 0.4) is 0 Å². The Labute approximate surface area is 89.6 Å². The first kappa shape index (κ1) is 8.78. The molecule has 0 aromatic carbocycles. The van der Waals surface area contributed by atoms with Crippen molar-refractivity contribution >= 4 is 23.2 Å². The van der Waals surface area contributed by atoms with Crippen molar-refractivity contribution in [2.45, 2.75) is 0 Å². The first-order valence-electron chi connectivity index (χ1n) is 4.64. The Morgan fingerprint density at radius 3 is 1.56 bits per heavy atom. The number of aromatic amines is 2. The number of nitrogens with two attached hydrogens (primary N) is 2. The summed E-state index contributed by atoms with van der Waals surface area (Å²) in [6.45, 7) is 0. The van der Waals surface area contributed by atoms with Crippen LogP contribution in [0.2, 0.25) is 0 Å². The van der Waals surface area contributed by atoms with Crippen LogP contribution in [-0.4, -0.2) is 21.5 Å². The number of rotatable bonds is 0. The largest absolute Gasteiger partial charge is 0.385 e. The number of hydrogen-bond acceptors (Lipinski definition) is 4. The highest BCUT2D eigenvalue weighted by Gasteiger charge is 2.33. The van der Waals surface area contributed by atoms with E-state index in [1.165, 1.54) is 12.1 Å². The number of Topliss-reactive ketones (excluding diaryl/α,β-unsaturated/α-hetero) is 2. The Balaban J connectivity index is 2.40. The summed E-state index contributed by atoms with van der Waals surface area (Å²) in [4.78, 5) is 29.1. The van der Waals surface area contributed by atoms with E-state index in [0.29, 0.717) is 23.0 Å². The summed E-state index contributed by atoms with van der Waals surface area (Å²) in [5.74, 6) is -0.441. The lowest BCUT2D eigenvalue weighted by molar-refractivity contribution is 0.0815. The molecule has 2 heterocycles. The average molecular weight is 216 g/mol. The van der Waals surface area contributed by atoms with Gasteiger partial charge in [0.15, 0.2) is 0 Å². The summed E-state index contributed by atoms with van der Waals surface area (Å²) in [6.07, 6.45) is 0. The van der Waals surface area contributed by atoms with Crippen molar-refractivity contribution in [3.05, 3.63) is 23.3 Å². The summed E-state index contributed by atoms with van der Waals surface area (Å²) in [5.41, 5.74) is 12.8. The molecule has 2 aromatic rings. The second-order valence-corrected chi connectivity index (χ2v) is 3.68. The highest BCUT2D eigenvalue weighted by Crippen LogP contribution is 2.34. The third kappa shape index (κ3) is 0.902. The van der Waals surface area contributed by atoms with Crippen molar-refractivity contribution < 1.29 is 9.59 Å². The van der Waals surface area contributed by atoms with Crippen LogP contribution in [0.4, 0.5) is 11.6 Å².